The van der Waals surface area contributed by atoms with Crippen molar-refractivity contribution in [1.29, 1.82) is 0 Å². The zero-order valence-corrected chi connectivity index (χ0v) is 40.4. The Morgan fingerprint density at radius 3 is 1.40 bits per heavy atom. The van der Waals surface area contributed by atoms with Crippen molar-refractivity contribution >= 4 is 19.7 Å². The maximum atomic E-state index is 12.1. The number of phosphoric acid groups is 1. The lowest BCUT2D eigenvalue weighted by molar-refractivity contribution is -0.147. The summed E-state index contributed by atoms with van der Waals surface area (Å²) in [7, 11) is -4.44. The first-order chi connectivity index (χ1) is 30.8. The largest absolute Gasteiger partial charge is 0.472 e. The molecule has 0 aromatic heterocycles. The van der Waals surface area contributed by atoms with Crippen molar-refractivity contribution in [3.8, 4) is 0 Å². The summed E-state index contributed by atoms with van der Waals surface area (Å²) >= 11 is 0. The van der Waals surface area contributed by atoms with Gasteiger partial charge in [-0.2, -0.15) is 0 Å². The van der Waals surface area contributed by atoms with Gasteiger partial charge in [0.1, 0.15) is 12.7 Å². The van der Waals surface area contributed by atoms with Gasteiger partial charge in [0, 0.05) is 19.4 Å². The maximum absolute atomic E-state index is 12.1. The minimum Gasteiger partial charge on any atom is -0.463 e. The van der Waals surface area contributed by atoms with Gasteiger partial charge >= 0.3 is 13.8 Å². The van der Waals surface area contributed by atoms with Crippen molar-refractivity contribution in [2.24, 2.45) is 0 Å². The van der Waals surface area contributed by atoms with E-state index in [0.717, 1.165) is 77.0 Å². The lowest BCUT2D eigenvalue weighted by atomic mass is 10.1. The van der Waals surface area contributed by atoms with Crippen molar-refractivity contribution in [2.45, 2.75) is 187 Å². The summed E-state index contributed by atoms with van der Waals surface area (Å²) < 4.78 is 26.9. The molecule has 0 fully saturated rings. The summed E-state index contributed by atoms with van der Waals surface area (Å²) in [5.41, 5.74) is 0. The van der Waals surface area contributed by atoms with E-state index in [1.54, 1.807) is 0 Å². The number of aliphatic hydroxyl groups excluding tert-OH is 1. The predicted molar refractivity (Wildman–Crippen MR) is 265 cm³/mol. The first kappa shape index (κ1) is 59.7. The molecule has 0 aliphatic carbocycles. The van der Waals surface area contributed by atoms with Gasteiger partial charge in [-0.05, 0) is 96.3 Å². The molecule has 9 nitrogen and oxygen atoms in total. The number of esters is 1. The van der Waals surface area contributed by atoms with Gasteiger partial charge in [0.2, 0.25) is 5.91 Å². The zero-order chi connectivity index (χ0) is 46.0. The third-order valence-electron chi connectivity index (χ3n) is 9.69. The van der Waals surface area contributed by atoms with E-state index in [0.29, 0.717) is 12.8 Å². The highest BCUT2D eigenvalue weighted by atomic mass is 31.2. The van der Waals surface area contributed by atoms with E-state index < -0.39 is 26.5 Å². The molecule has 1 amide bonds. The minimum absolute atomic E-state index is 0.0660. The topological polar surface area (TPSA) is 131 Å². The molecule has 10 heteroatoms. The Balaban J connectivity index is 3.71. The van der Waals surface area contributed by atoms with E-state index in [4.69, 9.17) is 13.8 Å². The number of aliphatic hydroxyl groups is 1. The summed E-state index contributed by atoms with van der Waals surface area (Å²) in [5.74, 6) is -0.589. The SMILES string of the molecule is CC/C=C\C/C=C\C/C=C\C/C=C\C/C=C\C/C=C\C/C=C\CCCC(=O)OCC(O)COP(=O)(O)OCCNC(=O)CCCCCCCCCCC/C=C\C/C=C\CCCCC. The molecule has 0 aliphatic rings. The second-order valence-corrected chi connectivity index (χ2v) is 17.1. The molecule has 0 radical (unpaired) electrons. The molecule has 0 bridgehead atoms. The predicted octanol–water partition coefficient (Wildman–Crippen LogP) is 14.3. The Hall–Kier alpha value is -3.33. The van der Waals surface area contributed by atoms with E-state index in [1.807, 2.05) is 6.08 Å². The summed E-state index contributed by atoms with van der Waals surface area (Å²) in [6.45, 7) is 3.33. The number of rotatable bonds is 44. The van der Waals surface area contributed by atoms with Gasteiger partial charge in [-0.25, -0.2) is 4.57 Å². The fraction of sp³-hybridized carbons (Fsp3) is 0.623. The molecule has 0 heterocycles. The molecule has 0 saturated heterocycles. The molecule has 0 spiro atoms. The number of hydrogen-bond donors (Lipinski definition) is 3. The molecule has 0 saturated carbocycles. The molecule has 0 aromatic carbocycles. The third-order valence-corrected chi connectivity index (χ3v) is 10.7. The van der Waals surface area contributed by atoms with Gasteiger partial charge in [0.25, 0.3) is 0 Å². The standard InChI is InChI=1S/C53H88NO8P/c1-3-5-7-9-11-13-15-17-19-21-23-24-25-26-28-30-32-34-36-38-40-42-44-46-53(57)60-49-51(55)50-62-63(58,59)61-48-47-54-52(56)45-43-41-39-37-35-33-31-29-27-22-20-18-16-14-12-10-8-6-4-2/h5,7,11-14,17-20,23-24,26,28,32,34,38,40,51,55H,3-4,6,8-10,15-16,21-22,25,27,29-31,33,35-37,39,41-50H2,1-2H3,(H,54,56)(H,58,59)/b7-5-,13-11-,14-12-,19-17-,20-18-,24-23-,28-26-,34-32-,40-38-. The van der Waals surface area contributed by atoms with Gasteiger partial charge in [-0.3, -0.25) is 18.6 Å². The third kappa shape index (κ3) is 49.5. The molecule has 2 atom stereocenters. The fourth-order valence-corrected chi connectivity index (χ4v) is 6.80. The van der Waals surface area contributed by atoms with Crippen LogP contribution < -0.4 is 5.32 Å². The number of unbranched alkanes of at least 4 members (excludes halogenated alkanes) is 13. The van der Waals surface area contributed by atoms with Crippen LogP contribution in [0, 0.1) is 0 Å². The second kappa shape index (κ2) is 48.1. The van der Waals surface area contributed by atoms with Gasteiger partial charge < -0.3 is 20.1 Å². The monoisotopic (exact) mass is 898 g/mol. The number of nitrogens with one attached hydrogen (secondary N) is 1. The van der Waals surface area contributed by atoms with Crippen LogP contribution in [-0.4, -0.2) is 54.3 Å². The Labute approximate surface area is 384 Å². The van der Waals surface area contributed by atoms with Crippen LogP contribution in [0.2, 0.25) is 0 Å². The van der Waals surface area contributed by atoms with Crippen molar-refractivity contribution in [2.75, 3.05) is 26.4 Å². The molecule has 63 heavy (non-hydrogen) atoms. The zero-order valence-electron chi connectivity index (χ0n) is 39.5. The number of carbonyl (C=O) groups is 2. The number of hydrogen-bond acceptors (Lipinski definition) is 7. The van der Waals surface area contributed by atoms with Crippen LogP contribution in [-0.2, 0) is 27.9 Å². The van der Waals surface area contributed by atoms with Crippen LogP contribution in [0.5, 0.6) is 0 Å². The lowest BCUT2D eigenvalue weighted by Crippen LogP contribution is -2.27. The van der Waals surface area contributed by atoms with Gasteiger partial charge in [-0.15, -0.1) is 0 Å². The summed E-state index contributed by atoms with van der Waals surface area (Å²) in [6.07, 6.45) is 64.5. The van der Waals surface area contributed by atoms with Gasteiger partial charge in [0.15, 0.2) is 0 Å². The maximum Gasteiger partial charge on any atom is 0.472 e. The van der Waals surface area contributed by atoms with E-state index in [9.17, 15) is 24.2 Å². The summed E-state index contributed by atoms with van der Waals surface area (Å²) in [6, 6.07) is 0. The quantitative estimate of drug-likeness (QED) is 0.0238. The number of ether oxygens (including phenoxy) is 1. The van der Waals surface area contributed by atoms with Crippen molar-refractivity contribution in [3.05, 3.63) is 109 Å². The molecule has 358 valence electrons. The minimum atomic E-state index is -4.44. The first-order valence-corrected chi connectivity index (χ1v) is 25.9. The van der Waals surface area contributed by atoms with E-state index in [-0.39, 0.29) is 32.1 Å². The number of carbonyl (C=O) groups excluding carboxylic acids is 2. The van der Waals surface area contributed by atoms with E-state index in [1.165, 1.54) is 70.6 Å². The van der Waals surface area contributed by atoms with Crippen LogP contribution in [0.1, 0.15) is 181 Å². The van der Waals surface area contributed by atoms with E-state index >= 15 is 0 Å². The molecule has 2 unspecified atom stereocenters. The highest BCUT2D eigenvalue weighted by Gasteiger charge is 2.23. The average Bonchev–Trinajstić information content (AvgIpc) is 3.27. The van der Waals surface area contributed by atoms with Crippen molar-refractivity contribution < 1.29 is 37.9 Å². The molecular formula is C53H88NO8P. The lowest BCUT2D eigenvalue weighted by Gasteiger charge is -2.15. The Bertz CT molecular complexity index is 1390. The van der Waals surface area contributed by atoms with Crippen LogP contribution in [0.3, 0.4) is 0 Å². The summed E-state index contributed by atoms with van der Waals surface area (Å²) in [4.78, 5) is 34.0. The van der Waals surface area contributed by atoms with Crippen LogP contribution in [0.25, 0.3) is 0 Å². The van der Waals surface area contributed by atoms with Crippen LogP contribution >= 0.6 is 7.82 Å². The average molecular weight is 898 g/mol. The molecule has 3 N–H and O–H groups in total. The molecule has 0 aliphatic heterocycles. The molecular weight excluding hydrogens is 810 g/mol. The highest BCUT2D eigenvalue weighted by molar-refractivity contribution is 7.47. The normalized spacial score (nSPS) is 14.2. The number of phosphoric ester groups is 1. The first-order valence-electron chi connectivity index (χ1n) is 24.4. The Morgan fingerprint density at radius 2 is 0.921 bits per heavy atom. The summed E-state index contributed by atoms with van der Waals surface area (Å²) in [5, 5.41) is 12.7. The van der Waals surface area contributed by atoms with Crippen LogP contribution in [0.15, 0.2) is 109 Å². The second-order valence-electron chi connectivity index (χ2n) is 15.7. The van der Waals surface area contributed by atoms with Crippen molar-refractivity contribution in [3.63, 3.8) is 0 Å². The van der Waals surface area contributed by atoms with Crippen molar-refractivity contribution in [1.82, 2.24) is 5.32 Å². The van der Waals surface area contributed by atoms with Gasteiger partial charge in [-0.1, -0.05) is 181 Å². The number of allylic oxidation sites excluding steroid dienone is 18. The van der Waals surface area contributed by atoms with E-state index in [2.05, 4.69) is 122 Å². The fourth-order valence-electron chi connectivity index (χ4n) is 6.05. The smallest absolute Gasteiger partial charge is 0.463 e. The van der Waals surface area contributed by atoms with Crippen LogP contribution in [0.4, 0.5) is 0 Å². The molecule has 0 rings (SSSR count). The number of amides is 1. The Kier molecular flexibility index (Phi) is 45.6. The van der Waals surface area contributed by atoms with Gasteiger partial charge in [0.05, 0.1) is 13.2 Å². The Morgan fingerprint density at radius 1 is 0.508 bits per heavy atom. The molecule has 0 aromatic rings. The highest BCUT2D eigenvalue weighted by Crippen LogP contribution is 2.42.